The average molecular weight is 348 g/mol. The number of hydrogen-bond acceptors (Lipinski definition) is 5. The highest BCUT2D eigenvalue weighted by atomic mass is 35.5. The van der Waals surface area contributed by atoms with E-state index in [9.17, 15) is 4.79 Å². The number of benzene rings is 1. The Bertz CT molecular complexity index is 882. The third-order valence-electron chi connectivity index (χ3n) is 3.15. The lowest BCUT2D eigenvalue weighted by Gasteiger charge is -2.05. The molecule has 0 bridgehead atoms. The van der Waals surface area contributed by atoms with E-state index in [0.717, 1.165) is 10.1 Å². The Kier molecular flexibility index (Phi) is 4.36. The van der Waals surface area contributed by atoms with Crippen molar-refractivity contribution in [2.75, 3.05) is 19.0 Å². The molecule has 0 fully saturated rings. The summed E-state index contributed by atoms with van der Waals surface area (Å²) >= 11 is 7.60. The van der Waals surface area contributed by atoms with E-state index in [2.05, 4.69) is 10.5 Å². The molecule has 23 heavy (non-hydrogen) atoms. The normalized spacial score (nSPS) is 11.3. The quantitative estimate of drug-likeness (QED) is 0.573. The van der Waals surface area contributed by atoms with Crippen molar-refractivity contribution in [2.45, 2.75) is 0 Å². The zero-order valence-corrected chi connectivity index (χ0v) is 14.1. The molecule has 5 nitrogen and oxygen atoms in total. The van der Waals surface area contributed by atoms with E-state index >= 15 is 0 Å². The van der Waals surface area contributed by atoms with E-state index in [1.807, 2.05) is 49.3 Å². The first-order valence-corrected chi connectivity index (χ1v) is 8.03. The smallest absolute Gasteiger partial charge is 0.283 e. The maximum Gasteiger partial charge on any atom is 0.283 e. The zero-order valence-electron chi connectivity index (χ0n) is 12.5. The van der Waals surface area contributed by atoms with Gasteiger partial charge in [-0.2, -0.15) is 5.10 Å². The minimum atomic E-state index is -0.341. The molecule has 0 saturated carbocycles. The summed E-state index contributed by atoms with van der Waals surface area (Å²) in [4.78, 5) is 14.5. The zero-order chi connectivity index (χ0) is 16.4. The summed E-state index contributed by atoms with van der Waals surface area (Å²) in [6, 6.07) is 11.2. The summed E-state index contributed by atoms with van der Waals surface area (Å²) in [5.74, 6) is 0.925. The summed E-state index contributed by atoms with van der Waals surface area (Å²) in [6.07, 6.45) is 1.45. The summed E-state index contributed by atoms with van der Waals surface area (Å²) in [5.41, 5.74) is 2.47. The van der Waals surface area contributed by atoms with Gasteiger partial charge in [0, 0.05) is 30.2 Å². The highest BCUT2D eigenvalue weighted by molar-refractivity contribution is 7.21. The van der Waals surface area contributed by atoms with Gasteiger partial charge in [0.1, 0.15) is 10.6 Å². The lowest BCUT2D eigenvalue weighted by Crippen LogP contribution is -2.16. The summed E-state index contributed by atoms with van der Waals surface area (Å²) in [6.45, 7) is 0. The second-order valence-corrected chi connectivity index (χ2v) is 6.44. The van der Waals surface area contributed by atoms with Gasteiger partial charge in [0.2, 0.25) is 0 Å². The molecule has 3 rings (SSSR count). The van der Waals surface area contributed by atoms with Crippen LogP contribution in [0, 0.1) is 0 Å². The van der Waals surface area contributed by atoms with E-state index in [-0.39, 0.29) is 5.91 Å². The number of furan rings is 1. The Morgan fingerprint density at radius 1 is 1.30 bits per heavy atom. The maximum atomic E-state index is 12.2. The Labute approximate surface area is 142 Å². The second kappa shape index (κ2) is 6.44. The predicted molar refractivity (Wildman–Crippen MR) is 94.9 cm³/mol. The van der Waals surface area contributed by atoms with Crippen molar-refractivity contribution in [1.82, 2.24) is 5.43 Å². The first-order valence-electron chi connectivity index (χ1n) is 6.84. The van der Waals surface area contributed by atoms with Crippen LogP contribution in [-0.2, 0) is 0 Å². The summed E-state index contributed by atoms with van der Waals surface area (Å²) in [5, 5.41) is 5.23. The van der Waals surface area contributed by atoms with Crippen molar-refractivity contribution in [3.05, 3.63) is 52.1 Å². The minimum absolute atomic E-state index is 0.341. The highest BCUT2D eigenvalue weighted by Gasteiger charge is 2.16. The average Bonchev–Trinajstić information content (AvgIpc) is 3.13. The third kappa shape index (κ3) is 3.23. The largest absolute Gasteiger partial charge is 0.440 e. The molecule has 0 aliphatic heterocycles. The van der Waals surface area contributed by atoms with Crippen molar-refractivity contribution < 1.29 is 9.21 Å². The Hall–Kier alpha value is -2.31. The lowest BCUT2D eigenvalue weighted by molar-refractivity contribution is 0.0959. The fourth-order valence-electron chi connectivity index (χ4n) is 2.02. The minimum Gasteiger partial charge on any atom is -0.440 e. The predicted octanol–water partition coefficient (Wildman–Crippen LogP) is 3.98. The fourth-order valence-corrected chi connectivity index (χ4v) is 3.42. The number of fused-ring (bicyclic) bond motifs is 1. The number of carbonyl (C=O) groups excluding carboxylic acids is 1. The fraction of sp³-hybridized carbons (Fsp3) is 0.125. The number of rotatable bonds is 4. The van der Waals surface area contributed by atoms with Crippen LogP contribution < -0.4 is 10.3 Å². The topological polar surface area (TPSA) is 57.8 Å². The molecule has 2 heterocycles. The van der Waals surface area contributed by atoms with E-state index < -0.39 is 0 Å². The van der Waals surface area contributed by atoms with Gasteiger partial charge in [-0.1, -0.05) is 29.8 Å². The Balaban J connectivity index is 1.73. The molecule has 7 heteroatoms. The van der Waals surface area contributed by atoms with Crippen molar-refractivity contribution >= 4 is 51.0 Å². The number of hydrogen-bond donors (Lipinski definition) is 1. The maximum absolute atomic E-state index is 12.2. The van der Waals surface area contributed by atoms with Gasteiger partial charge in [-0.05, 0) is 12.1 Å². The van der Waals surface area contributed by atoms with Crippen LogP contribution in [0.3, 0.4) is 0 Å². The molecule has 0 radical (unpaired) electrons. The van der Waals surface area contributed by atoms with E-state index in [1.165, 1.54) is 17.6 Å². The van der Waals surface area contributed by atoms with Crippen LogP contribution in [-0.4, -0.2) is 26.2 Å². The number of amides is 1. The van der Waals surface area contributed by atoms with Crippen LogP contribution in [0.4, 0.5) is 5.88 Å². The van der Waals surface area contributed by atoms with Crippen LogP contribution in [0.15, 0.2) is 45.9 Å². The standard InChI is InChI=1S/C16H14ClN3O2S/c1-20(2)13-8-7-10(22-13)9-18-19-16(21)15-14(17)11-5-3-4-6-12(11)23-15/h3-9H,1-2H3,(H,19,21)/b18-9-. The number of halogens is 1. The lowest BCUT2D eigenvalue weighted by atomic mass is 10.2. The van der Waals surface area contributed by atoms with Gasteiger partial charge in [0.05, 0.1) is 11.2 Å². The molecule has 0 saturated heterocycles. The van der Waals surface area contributed by atoms with Crippen molar-refractivity contribution in [3.8, 4) is 0 Å². The molecule has 1 aromatic carbocycles. The van der Waals surface area contributed by atoms with Crippen LogP contribution >= 0.6 is 22.9 Å². The molecule has 1 amide bonds. The molecule has 2 aromatic heterocycles. The SMILES string of the molecule is CN(C)c1ccc(/C=N\NC(=O)c2sc3ccccc3c2Cl)o1. The number of hydrazone groups is 1. The van der Waals surface area contributed by atoms with E-state index in [1.54, 1.807) is 6.07 Å². The van der Waals surface area contributed by atoms with Gasteiger partial charge in [-0.25, -0.2) is 5.43 Å². The van der Waals surface area contributed by atoms with Gasteiger partial charge in [-0.3, -0.25) is 4.79 Å². The van der Waals surface area contributed by atoms with Crippen molar-refractivity contribution in [2.24, 2.45) is 5.10 Å². The van der Waals surface area contributed by atoms with Crippen LogP contribution in [0.25, 0.3) is 10.1 Å². The van der Waals surface area contributed by atoms with Crippen LogP contribution in [0.5, 0.6) is 0 Å². The van der Waals surface area contributed by atoms with E-state index in [4.69, 9.17) is 16.0 Å². The molecule has 3 aromatic rings. The molecule has 1 N–H and O–H groups in total. The molecular formula is C16H14ClN3O2S. The van der Waals surface area contributed by atoms with Crippen molar-refractivity contribution in [3.63, 3.8) is 0 Å². The molecule has 118 valence electrons. The summed E-state index contributed by atoms with van der Waals surface area (Å²) in [7, 11) is 3.76. The molecule has 0 aliphatic carbocycles. The van der Waals surface area contributed by atoms with Gasteiger partial charge in [0.25, 0.3) is 5.91 Å². The molecule has 0 atom stereocenters. The van der Waals surface area contributed by atoms with Gasteiger partial charge >= 0.3 is 0 Å². The highest BCUT2D eigenvalue weighted by Crippen LogP contribution is 2.34. The Morgan fingerprint density at radius 3 is 2.78 bits per heavy atom. The van der Waals surface area contributed by atoms with Gasteiger partial charge < -0.3 is 9.32 Å². The first-order chi connectivity index (χ1) is 11.1. The molecule has 0 spiro atoms. The first kappa shape index (κ1) is 15.6. The monoisotopic (exact) mass is 347 g/mol. The van der Waals surface area contributed by atoms with Crippen molar-refractivity contribution in [1.29, 1.82) is 0 Å². The number of nitrogens with one attached hydrogen (secondary N) is 1. The number of carbonyl (C=O) groups is 1. The second-order valence-electron chi connectivity index (χ2n) is 5.01. The van der Waals surface area contributed by atoms with Crippen LogP contribution in [0.1, 0.15) is 15.4 Å². The Morgan fingerprint density at radius 2 is 2.09 bits per heavy atom. The number of thiophene rings is 1. The number of anilines is 1. The van der Waals surface area contributed by atoms with Gasteiger partial charge in [0.15, 0.2) is 5.88 Å². The molecule has 0 unspecified atom stereocenters. The van der Waals surface area contributed by atoms with E-state index in [0.29, 0.717) is 21.5 Å². The van der Waals surface area contributed by atoms with Crippen LogP contribution in [0.2, 0.25) is 5.02 Å². The number of nitrogens with zero attached hydrogens (tertiary/aromatic N) is 2. The molecule has 0 aliphatic rings. The summed E-state index contributed by atoms with van der Waals surface area (Å²) < 4.78 is 6.47. The van der Waals surface area contributed by atoms with Gasteiger partial charge in [-0.15, -0.1) is 11.3 Å². The molecular weight excluding hydrogens is 334 g/mol. The third-order valence-corrected chi connectivity index (χ3v) is 4.83.